The summed E-state index contributed by atoms with van der Waals surface area (Å²) in [6.45, 7) is 6.49. The Hall–Kier alpha value is -3.86. The molecule has 1 aliphatic carbocycles. The number of amides is 2. The van der Waals surface area contributed by atoms with Crippen molar-refractivity contribution in [2.24, 2.45) is 5.41 Å². The van der Waals surface area contributed by atoms with Gasteiger partial charge in [-0.2, -0.15) is 4.98 Å². The number of nitrogens with zero attached hydrogens (tertiary/aromatic N) is 4. The minimum absolute atomic E-state index is 0.0494. The molecule has 1 unspecified atom stereocenters. The van der Waals surface area contributed by atoms with Gasteiger partial charge >= 0.3 is 0 Å². The van der Waals surface area contributed by atoms with E-state index in [4.69, 9.17) is 9.72 Å². The second-order valence-electron chi connectivity index (χ2n) is 10.8. The average Bonchev–Trinajstić information content (AvgIpc) is 3.57. The van der Waals surface area contributed by atoms with E-state index in [1.165, 1.54) is 12.8 Å². The van der Waals surface area contributed by atoms with E-state index < -0.39 is 5.41 Å². The van der Waals surface area contributed by atoms with Crippen LogP contribution >= 0.6 is 0 Å². The summed E-state index contributed by atoms with van der Waals surface area (Å²) in [5.41, 5.74) is 8.13. The lowest BCUT2D eigenvalue weighted by Gasteiger charge is -2.34. The number of allylic oxidation sites excluding steroid dienone is 1. The van der Waals surface area contributed by atoms with Crippen molar-refractivity contribution in [3.05, 3.63) is 41.7 Å². The standard InChI is InChI=1S/C27H36N8O3/c1-16-12-22(33-32-16)30-24(36)17-10-11-19(21(13-17)38-5)29-26-28-14-20-23(31-26)35(18-8-6-7-9-18)15-27(2,3)25(37)34(20)4/h10-14,18,22,32-33H,6-9,15H2,1-5H3,(H,30,36)(H,28,29,31). The lowest BCUT2D eigenvalue weighted by atomic mass is 9.91. The number of ether oxygens (including phenoxy) is 1. The molecular weight excluding hydrogens is 484 g/mol. The van der Waals surface area contributed by atoms with E-state index in [2.05, 4.69) is 31.4 Å². The largest absolute Gasteiger partial charge is 0.495 e. The van der Waals surface area contributed by atoms with Crippen molar-refractivity contribution in [3.8, 4) is 5.75 Å². The first-order valence-corrected chi connectivity index (χ1v) is 13.0. The maximum Gasteiger partial charge on any atom is 0.252 e. The van der Waals surface area contributed by atoms with Crippen molar-refractivity contribution in [2.45, 2.75) is 58.7 Å². The lowest BCUT2D eigenvalue weighted by molar-refractivity contribution is -0.125. The van der Waals surface area contributed by atoms with Crippen LogP contribution in [-0.2, 0) is 4.79 Å². The van der Waals surface area contributed by atoms with Crippen LogP contribution in [0.1, 0.15) is 56.8 Å². The predicted octanol–water partition coefficient (Wildman–Crippen LogP) is 3.05. The lowest BCUT2D eigenvalue weighted by Crippen LogP contribution is -2.45. The Kier molecular flexibility index (Phi) is 6.87. The molecule has 3 aliphatic rings. The molecule has 2 aromatic rings. The van der Waals surface area contributed by atoms with Gasteiger partial charge in [0.15, 0.2) is 5.82 Å². The summed E-state index contributed by atoms with van der Waals surface area (Å²) in [6.07, 6.45) is 7.82. The van der Waals surface area contributed by atoms with Gasteiger partial charge in [0.05, 0.1) is 24.4 Å². The zero-order chi connectivity index (χ0) is 27.0. The van der Waals surface area contributed by atoms with Crippen molar-refractivity contribution in [3.63, 3.8) is 0 Å². The third-order valence-electron chi connectivity index (χ3n) is 7.44. The summed E-state index contributed by atoms with van der Waals surface area (Å²) in [5, 5.41) is 6.16. The summed E-state index contributed by atoms with van der Waals surface area (Å²) >= 11 is 0. The average molecular weight is 521 g/mol. The minimum atomic E-state index is -0.552. The number of carbonyl (C=O) groups is 2. The first-order chi connectivity index (χ1) is 18.2. The molecule has 11 heteroatoms. The number of benzene rings is 1. The molecule has 1 aromatic heterocycles. The van der Waals surface area contributed by atoms with Crippen LogP contribution in [0.25, 0.3) is 0 Å². The van der Waals surface area contributed by atoms with Gasteiger partial charge in [-0.3, -0.25) is 9.59 Å². The molecular formula is C27H36N8O3. The number of hydrazine groups is 1. The highest BCUT2D eigenvalue weighted by molar-refractivity contribution is 6.01. The molecule has 0 bridgehead atoms. The number of carbonyl (C=O) groups excluding carboxylic acids is 2. The van der Waals surface area contributed by atoms with Gasteiger partial charge in [-0.15, -0.1) is 0 Å². The van der Waals surface area contributed by atoms with Gasteiger partial charge in [0.1, 0.15) is 17.6 Å². The molecule has 1 fully saturated rings. The predicted molar refractivity (Wildman–Crippen MR) is 146 cm³/mol. The molecule has 0 spiro atoms. The Balaban J connectivity index is 1.42. The summed E-state index contributed by atoms with van der Waals surface area (Å²) in [7, 11) is 3.34. The molecule has 3 heterocycles. The SMILES string of the molecule is COc1cc(C(=O)NC2C=C(C)NN2)ccc1Nc1ncc2c(n1)N(C1CCCC1)CC(C)(C)C(=O)N2C. The third-order valence-corrected chi connectivity index (χ3v) is 7.44. The van der Waals surface area contributed by atoms with Gasteiger partial charge in [-0.05, 0) is 57.9 Å². The van der Waals surface area contributed by atoms with E-state index in [9.17, 15) is 9.59 Å². The molecule has 1 atom stereocenters. The van der Waals surface area contributed by atoms with Gasteiger partial charge in [0, 0.05) is 30.9 Å². The number of aromatic nitrogens is 2. The molecule has 2 aliphatic heterocycles. The molecule has 5 rings (SSSR count). The van der Waals surface area contributed by atoms with E-state index in [1.807, 2.05) is 26.8 Å². The zero-order valence-electron chi connectivity index (χ0n) is 22.6. The van der Waals surface area contributed by atoms with E-state index in [1.54, 1.807) is 43.5 Å². The number of fused-ring (bicyclic) bond motifs is 1. The van der Waals surface area contributed by atoms with Gasteiger partial charge in [0.25, 0.3) is 5.91 Å². The first-order valence-electron chi connectivity index (χ1n) is 13.0. The summed E-state index contributed by atoms with van der Waals surface area (Å²) in [5.74, 6) is 1.45. The van der Waals surface area contributed by atoms with E-state index in [0.717, 1.165) is 24.4 Å². The Morgan fingerprint density at radius 2 is 2.00 bits per heavy atom. The molecule has 38 heavy (non-hydrogen) atoms. The summed E-state index contributed by atoms with van der Waals surface area (Å²) in [4.78, 5) is 39.4. The molecule has 0 saturated heterocycles. The van der Waals surface area contributed by atoms with Crippen LogP contribution in [0.2, 0.25) is 0 Å². The van der Waals surface area contributed by atoms with Crippen LogP contribution in [0.3, 0.4) is 0 Å². The van der Waals surface area contributed by atoms with Crippen LogP contribution in [0.5, 0.6) is 5.75 Å². The van der Waals surface area contributed by atoms with Crippen molar-refractivity contribution in [1.82, 2.24) is 26.1 Å². The molecule has 11 nitrogen and oxygen atoms in total. The van der Waals surface area contributed by atoms with Crippen LogP contribution in [0.15, 0.2) is 36.2 Å². The topological polar surface area (TPSA) is 124 Å². The Morgan fingerprint density at radius 1 is 1.24 bits per heavy atom. The quantitative estimate of drug-likeness (QED) is 0.455. The number of hydrogen-bond donors (Lipinski definition) is 4. The minimum Gasteiger partial charge on any atom is -0.495 e. The van der Waals surface area contributed by atoms with E-state index in [0.29, 0.717) is 41.2 Å². The maximum atomic E-state index is 13.2. The van der Waals surface area contributed by atoms with Crippen molar-refractivity contribution >= 4 is 35.0 Å². The highest BCUT2D eigenvalue weighted by Crippen LogP contribution is 2.40. The van der Waals surface area contributed by atoms with Crippen LogP contribution < -0.4 is 36.0 Å². The van der Waals surface area contributed by atoms with Gasteiger partial charge < -0.3 is 30.6 Å². The number of hydrogen-bond acceptors (Lipinski definition) is 9. The highest BCUT2D eigenvalue weighted by atomic mass is 16.5. The van der Waals surface area contributed by atoms with Crippen LogP contribution in [0.4, 0.5) is 23.1 Å². The van der Waals surface area contributed by atoms with Gasteiger partial charge in [-0.25, -0.2) is 10.4 Å². The van der Waals surface area contributed by atoms with Crippen LogP contribution in [0, 0.1) is 5.41 Å². The third kappa shape index (κ3) is 4.98. The molecule has 4 N–H and O–H groups in total. The van der Waals surface area contributed by atoms with E-state index in [-0.39, 0.29) is 18.0 Å². The molecule has 0 radical (unpaired) electrons. The Labute approximate surface area is 223 Å². The smallest absolute Gasteiger partial charge is 0.252 e. The number of anilines is 4. The van der Waals surface area contributed by atoms with Gasteiger partial charge in [-0.1, -0.05) is 12.8 Å². The highest BCUT2D eigenvalue weighted by Gasteiger charge is 2.41. The Bertz CT molecular complexity index is 1270. The van der Waals surface area contributed by atoms with E-state index >= 15 is 0 Å². The number of methoxy groups -OCH3 is 1. The second-order valence-corrected chi connectivity index (χ2v) is 10.8. The summed E-state index contributed by atoms with van der Waals surface area (Å²) in [6, 6.07) is 5.52. The van der Waals surface area contributed by atoms with Gasteiger partial charge in [0.2, 0.25) is 11.9 Å². The molecule has 1 aromatic carbocycles. The van der Waals surface area contributed by atoms with Crippen LogP contribution in [-0.4, -0.2) is 54.7 Å². The van der Waals surface area contributed by atoms with Crippen molar-refractivity contribution in [2.75, 3.05) is 35.8 Å². The number of rotatable bonds is 6. The second kappa shape index (κ2) is 10.1. The fourth-order valence-corrected chi connectivity index (χ4v) is 5.41. The first kappa shape index (κ1) is 25.8. The molecule has 202 valence electrons. The molecule has 1 saturated carbocycles. The van der Waals surface area contributed by atoms with Crippen molar-refractivity contribution < 1.29 is 14.3 Å². The fourth-order valence-electron chi connectivity index (χ4n) is 5.41. The Morgan fingerprint density at radius 3 is 2.68 bits per heavy atom. The zero-order valence-corrected chi connectivity index (χ0v) is 22.6. The number of nitrogens with one attached hydrogen (secondary N) is 4. The van der Waals surface area contributed by atoms with Crippen molar-refractivity contribution in [1.29, 1.82) is 0 Å². The molecule has 2 amide bonds. The maximum absolute atomic E-state index is 13.2. The monoisotopic (exact) mass is 520 g/mol. The normalized spacial score (nSPS) is 20.9. The fraction of sp³-hybridized carbons (Fsp3) is 0.481. The summed E-state index contributed by atoms with van der Waals surface area (Å²) < 4.78 is 5.59.